The van der Waals surface area contributed by atoms with E-state index in [9.17, 15) is 9.59 Å². The van der Waals surface area contributed by atoms with Gasteiger partial charge in [-0.3, -0.25) is 4.79 Å². The summed E-state index contributed by atoms with van der Waals surface area (Å²) in [5.41, 5.74) is 0. The predicted octanol–water partition coefficient (Wildman–Crippen LogP) is 0.0522. The summed E-state index contributed by atoms with van der Waals surface area (Å²) in [4.78, 5) is 23.2. The van der Waals surface area contributed by atoms with Crippen LogP contribution in [-0.4, -0.2) is 37.6 Å². The van der Waals surface area contributed by atoms with Crippen molar-refractivity contribution in [2.45, 2.75) is 38.8 Å². The molecular formula is C11H20N2O3. The molecule has 2 N–H and O–H groups in total. The zero-order chi connectivity index (χ0) is 12.1. The average Bonchev–Trinajstić information content (AvgIpc) is 2.77. The van der Waals surface area contributed by atoms with Crippen LogP contribution in [0, 0.1) is 5.92 Å². The van der Waals surface area contributed by atoms with Crippen molar-refractivity contribution in [1.82, 2.24) is 10.6 Å². The van der Waals surface area contributed by atoms with Crippen LogP contribution in [0.5, 0.6) is 0 Å². The van der Waals surface area contributed by atoms with E-state index in [-0.39, 0.29) is 23.8 Å². The molecule has 1 saturated heterocycles. The molecule has 1 aliphatic heterocycles. The van der Waals surface area contributed by atoms with Gasteiger partial charge in [-0.1, -0.05) is 13.8 Å². The van der Waals surface area contributed by atoms with E-state index >= 15 is 0 Å². The Morgan fingerprint density at radius 3 is 2.56 bits per heavy atom. The lowest BCUT2D eigenvalue weighted by Gasteiger charge is -2.21. The van der Waals surface area contributed by atoms with Crippen molar-refractivity contribution in [3.05, 3.63) is 0 Å². The van der Waals surface area contributed by atoms with Crippen LogP contribution >= 0.6 is 0 Å². The standard InChI is InChI=1S/C11H20N2O3/c1-7(2)9(11(15)16-3)13-10(14)8-5-4-6-12-8/h7-9,12H,4-6H2,1-3H3,(H,13,14)/t8?,9-/m0/s1. The number of hydrogen-bond acceptors (Lipinski definition) is 4. The van der Waals surface area contributed by atoms with E-state index in [4.69, 9.17) is 0 Å². The Labute approximate surface area is 95.9 Å². The van der Waals surface area contributed by atoms with Crippen LogP contribution < -0.4 is 10.6 Å². The van der Waals surface area contributed by atoms with E-state index in [1.165, 1.54) is 7.11 Å². The first-order valence-corrected chi connectivity index (χ1v) is 5.68. The summed E-state index contributed by atoms with van der Waals surface area (Å²) >= 11 is 0. The molecule has 1 aliphatic rings. The summed E-state index contributed by atoms with van der Waals surface area (Å²) in [7, 11) is 1.33. The minimum absolute atomic E-state index is 0.0257. The molecule has 1 fully saturated rings. The summed E-state index contributed by atoms with van der Waals surface area (Å²) in [6.45, 7) is 4.62. The predicted molar refractivity (Wildman–Crippen MR) is 59.8 cm³/mol. The second kappa shape index (κ2) is 5.84. The second-order valence-electron chi connectivity index (χ2n) is 4.40. The van der Waals surface area contributed by atoms with E-state index < -0.39 is 6.04 Å². The maximum Gasteiger partial charge on any atom is 0.328 e. The third-order valence-electron chi connectivity index (χ3n) is 2.80. The Bertz CT molecular complexity index is 260. The van der Waals surface area contributed by atoms with Gasteiger partial charge >= 0.3 is 5.97 Å². The monoisotopic (exact) mass is 228 g/mol. The number of carbonyl (C=O) groups is 2. The van der Waals surface area contributed by atoms with Crippen LogP contribution in [0.1, 0.15) is 26.7 Å². The number of amides is 1. The highest BCUT2D eigenvalue weighted by molar-refractivity contribution is 5.87. The molecule has 92 valence electrons. The summed E-state index contributed by atoms with van der Waals surface area (Å²) in [5.74, 6) is -0.472. The molecule has 0 radical (unpaired) electrons. The number of ether oxygens (including phenoxy) is 1. The molecule has 1 amide bonds. The molecule has 16 heavy (non-hydrogen) atoms. The number of carbonyl (C=O) groups excluding carboxylic acids is 2. The van der Waals surface area contributed by atoms with Gasteiger partial charge in [-0.05, 0) is 25.3 Å². The lowest BCUT2D eigenvalue weighted by molar-refractivity contribution is -0.146. The summed E-state index contributed by atoms with van der Waals surface area (Å²) < 4.78 is 4.66. The fourth-order valence-corrected chi connectivity index (χ4v) is 1.79. The number of rotatable bonds is 4. The van der Waals surface area contributed by atoms with Crippen molar-refractivity contribution in [1.29, 1.82) is 0 Å². The fraction of sp³-hybridized carbons (Fsp3) is 0.818. The Hall–Kier alpha value is -1.10. The fourth-order valence-electron chi connectivity index (χ4n) is 1.79. The van der Waals surface area contributed by atoms with Crippen LogP contribution in [0.25, 0.3) is 0 Å². The molecule has 2 atom stereocenters. The van der Waals surface area contributed by atoms with Gasteiger partial charge in [0, 0.05) is 0 Å². The van der Waals surface area contributed by atoms with Gasteiger partial charge in [-0.2, -0.15) is 0 Å². The van der Waals surface area contributed by atoms with Gasteiger partial charge in [-0.25, -0.2) is 4.79 Å². The summed E-state index contributed by atoms with van der Waals surface area (Å²) in [5, 5.41) is 5.83. The number of nitrogens with one attached hydrogen (secondary N) is 2. The average molecular weight is 228 g/mol. The first-order chi connectivity index (χ1) is 7.56. The molecule has 0 saturated carbocycles. The minimum atomic E-state index is -0.556. The summed E-state index contributed by atoms with van der Waals surface area (Å²) in [6.07, 6.45) is 1.83. The zero-order valence-electron chi connectivity index (χ0n) is 10.1. The Kier molecular flexibility index (Phi) is 4.73. The SMILES string of the molecule is COC(=O)[C@@H](NC(=O)C1CCCN1)C(C)C. The normalized spacial score (nSPS) is 21.9. The van der Waals surface area contributed by atoms with Crippen molar-refractivity contribution < 1.29 is 14.3 Å². The molecule has 0 bridgehead atoms. The van der Waals surface area contributed by atoms with Gasteiger partial charge in [0.15, 0.2) is 0 Å². The number of methoxy groups -OCH3 is 1. The maximum atomic E-state index is 11.8. The minimum Gasteiger partial charge on any atom is -0.467 e. The second-order valence-corrected chi connectivity index (χ2v) is 4.40. The molecule has 1 unspecified atom stereocenters. The van der Waals surface area contributed by atoms with E-state index in [1.807, 2.05) is 13.8 Å². The Balaban J connectivity index is 2.53. The molecule has 0 aromatic heterocycles. The van der Waals surface area contributed by atoms with Gasteiger partial charge in [0.05, 0.1) is 13.2 Å². The third-order valence-corrected chi connectivity index (χ3v) is 2.80. The lowest BCUT2D eigenvalue weighted by atomic mass is 10.0. The highest BCUT2D eigenvalue weighted by Crippen LogP contribution is 2.08. The van der Waals surface area contributed by atoms with Crippen LogP contribution in [0.4, 0.5) is 0 Å². The third kappa shape index (κ3) is 3.20. The van der Waals surface area contributed by atoms with Gasteiger partial charge in [0.1, 0.15) is 6.04 Å². The molecule has 0 aromatic rings. The van der Waals surface area contributed by atoms with Crippen LogP contribution in [-0.2, 0) is 14.3 Å². The van der Waals surface area contributed by atoms with Crippen LogP contribution in [0.15, 0.2) is 0 Å². The lowest BCUT2D eigenvalue weighted by Crippen LogP contribution is -2.50. The van der Waals surface area contributed by atoms with Crippen LogP contribution in [0.2, 0.25) is 0 Å². The van der Waals surface area contributed by atoms with Crippen molar-refractivity contribution in [3.8, 4) is 0 Å². The Morgan fingerprint density at radius 2 is 2.12 bits per heavy atom. The van der Waals surface area contributed by atoms with Crippen molar-refractivity contribution >= 4 is 11.9 Å². The van der Waals surface area contributed by atoms with Crippen LogP contribution in [0.3, 0.4) is 0 Å². The van der Waals surface area contributed by atoms with Gasteiger partial charge in [-0.15, -0.1) is 0 Å². The highest BCUT2D eigenvalue weighted by Gasteiger charge is 2.29. The van der Waals surface area contributed by atoms with Gasteiger partial charge in [0.2, 0.25) is 5.91 Å². The van der Waals surface area contributed by atoms with Crippen molar-refractivity contribution in [2.75, 3.05) is 13.7 Å². The largest absolute Gasteiger partial charge is 0.467 e. The first-order valence-electron chi connectivity index (χ1n) is 5.68. The van der Waals surface area contributed by atoms with E-state index in [0.717, 1.165) is 19.4 Å². The molecular weight excluding hydrogens is 208 g/mol. The molecule has 1 rings (SSSR count). The topological polar surface area (TPSA) is 67.4 Å². The highest BCUT2D eigenvalue weighted by atomic mass is 16.5. The Morgan fingerprint density at radius 1 is 1.44 bits per heavy atom. The molecule has 5 nitrogen and oxygen atoms in total. The smallest absolute Gasteiger partial charge is 0.328 e. The van der Waals surface area contributed by atoms with Gasteiger partial charge < -0.3 is 15.4 Å². The molecule has 0 aromatic carbocycles. The zero-order valence-corrected chi connectivity index (χ0v) is 10.1. The van der Waals surface area contributed by atoms with Gasteiger partial charge in [0.25, 0.3) is 0 Å². The molecule has 1 heterocycles. The number of esters is 1. The molecule has 0 spiro atoms. The number of hydrogen-bond donors (Lipinski definition) is 2. The van der Waals surface area contributed by atoms with Crippen molar-refractivity contribution in [2.24, 2.45) is 5.92 Å². The summed E-state index contributed by atoms with van der Waals surface area (Å²) in [6, 6.07) is -0.717. The molecule has 5 heteroatoms. The van der Waals surface area contributed by atoms with E-state index in [2.05, 4.69) is 15.4 Å². The maximum absolute atomic E-state index is 11.8. The van der Waals surface area contributed by atoms with Crippen molar-refractivity contribution in [3.63, 3.8) is 0 Å². The first kappa shape index (κ1) is 13.0. The molecule has 0 aliphatic carbocycles. The van der Waals surface area contributed by atoms with E-state index in [0.29, 0.717) is 0 Å². The quantitative estimate of drug-likeness (QED) is 0.667. The van der Waals surface area contributed by atoms with E-state index in [1.54, 1.807) is 0 Å².